The Bertz CT molecular complexity index is 758. The fraction of sp³-hybridized carbons (Fsp3) is 0.650. The monoisotopic (exact) mass is 402 g/mol. The van der Waals surface area contributed by atoms with Crippen LogP contribution in [0.4, 0.5) is 5.13 Å². The summed E-state index contributed by atoms with van der Waals surface area (Å²) in [5, 5.41) is 13.5. The van der Waals surface area contributed by atoms with Crippen molar-refractivity contribution in [1.82, 2.24) is 25.0 Å². The molecular weight excluding hydrogens is 372 g/mol. The predicted octanol–water partition coefficient (Wildman–Crippen LogP) is 2.92. The molecule has 2 aliphatic rings. The van der Waals surface area contributed by atoms with Crippen LogP contribution in [0.1, 0.15) is 55.4 Å². The minimum Gasteiger partial charge on any atom is -0.349 e. The van der Waals surface area contributed by atoms with E-state index in [1.165, 1.54) is 44.9 Å². The molecule has 0 atom stereocenters. The zero-order chi connectivity index (χ0) is 19.2. The molecule has 4 heterocycles. The number of anilines is 1. The van der Waals surface area contributed by atoms with Gasteiger partial charge in [0, 0.05) is 32.4 Å². The number of amides is 1. The topological polar surface area (TPSA) is 66.3 Å². The van der Waals surface area contributed by atoms with E-state index >= 15 is 0 Å². The van der Waals surface area contributed by atoms with Crippen molar-refractivity contribution in [3.8, 4) is 5.13 Å². The van der Waals surface area contributed by atoms with E-state index in [4.69, 9.17) is 0 Å². The SMILES string of the molecule is O=C(NCCN1CCCCCC1)c1cccn1-c1nnc(N2CCCCC2)s1. The second-order valence-corrected chi connectivity index (χ2v) is 8.62. The molecule has 2 fully saturated rings. The molecule has 2 aromatic heterocycles. The van der Waals surface area contributed by atoms with Crippen molar-refractivity contribution < 1.29 is 4.79 Å². The quantitative estimate of drug-likeness (QED) is 0.805. The van der Waals surface area contributed by atoms with E-state index in [0.717, 1.165) is 43.0 Å². The third-order valence-electron chi connectivity index (χ3n) is 5.63. The van der Waals surface area contributed by atoms with Crippen LogP contribution in [0, 0.1) is 0 Å². The Labute approximate surface area is 170 Å². The van der Waals surface area contributed by atoms with Crippen LogP contribution in [0.25, 0.3) is 5.13 Å². The first-order chi connectivity index (χ1) is 13.8. The highest BCUT2D eigenvalue weighted by atomic mass is 32.1. The van der Waals surface area contributed by atoms with Gasteiger partial charge in [0.2, 0.25) is 10.3 Å². The molecule has 8 heteroatoms. The molecule has 2 aliphatic heterocycles. The Kier molecular flexibility index (Phi) is 6.59. The fourth-order valence-electron chi connectivity index (χ4n) is 4.03. The van der Waals surface area contributed by atoms with Gasteiger partial charge < -0.3 is 15.1 Å². The van der Waals surface area contributed by atoms with E-state index in [2.05, 4.69) is 25.3 Å². The number of nitrogens with one attached hydrogen (secondary N) is 1. The number of carbonyl (C=O) groups is 1. The fourth-order valence-corrected chi connectivity index (χ4v) is 4.92. The van der Waals surface area contributed by atoms with Crippen molar-refractivity contribution in [3.05, 3.63) is 24.0 Å². The van der Waals surface area contributed by atoms with Gasteiger partial charge in [-0.2, -0.15) is 0 Å². The van der Waals surface area contributed by atoms with E-state index in [-0.39, 0.29) is 5.91 Å². The first-order valence-electron chi connectivity index (χ1n) is 10.6. The Morgan fingerprint density at radius 2 is 1.64 bits per heavy atom. The van der Waals surface area contributed by atoms with E-state index in [1.54, 1.807) is 11.3 Å². The normalized spacial score (nSPS) is 18.8. The van der Waals surface area contributed by atoms with Crippen LogP contribution in [0.5, 0.6) is 0 Å². The van der Waals surface area contributed by atoms with Gasteiger partial charge in [-0.05, 0) is 57.3 Å². The van der Waals surface area contributed by atoms with Gasteiger partial charge in [0.15, 0.2) is 0 Å². The maximum absolute atomic E-state index is 12.7. The summed E-state index contributed by atoms with van der Waals surface area (Å²) in [6, 6.07) is 3.74. The maximum Gasteiger partial charge on any atom is 0.268 e. The molecule has 0 saturated carbocycles. The van der Waals surface area contributed by atoms with Crippen LogP contribution < -0.4 is 10.2 Å². The third-order valence-corrected chi connectivity index (χ3v) is 6.61. The highest BCUT2D eigenvalue weighted by Crippen LogP contribution is 2.26. The van der Waals surface area contributed by atoms with Gasteiger partial charge in [-0.1, -0.05) is 24.2 Å². The van der Waals surface area contributed by atoms with Gasteiger partial charge in [-0.25, -0.2) is 0 Å². The molecule has 0 aromatic carbocycles. The lowest BCUT2D eigenvalue weighted by molar-refractivity contribution is 0.0941. The number of hydrogen-bond acceptors (Lipinski definition) is 6. The van der Waals surface area contributed by atoms with Crippen LogP contribution >= 0.6 is 11.3 Å². The van der Waals surface area contributed by atoms with Crippen LogP contribution in [0.15, 0.2) is 18.3 Å². The minimum absolute atomic E-state index is 0.0467. The molecule has 1 amide bonds. The average Bonchev–Trinajstić information content (AvgIpc) is 3.33. The molecule has 4 rings (SSSR count). The second-order valence-electron chi connectivity index (χ2n) is 7.69. The maximum atomic E-state index is 12.7. The zero-order valence-corrected chi connectivity index (χ0v) is 17.3. The van der Waals surface area contributed by atoms with Crippen molar-refractivity contribution in [1.29, 1.82) is 0 Å². The number of nitrogens with zero attached hydrogens (tertiary/aromatic N) is 5. The first-order valence-corrected chi connectivity index (χ1v) is 11.4. The summed E-state index contributed by atoms with van der Waals surface area (Å²) in [6.07, 6.45) is 10.8. The summed E-state index contributed by atoms with van der Waals surface area (Å²) < 4.78 is 1.85. The summed E-state index contributed by atoms with van der Waals surface area (Å²) in [7, 11) is 0. The van der Waals surface area contributed by atoms with Gasteiger partial charge in [-0.3, -0.25) is 9.36 Å². The Balaban J connectivity index is 1.35. The number of likely N-dealkylation sites (tertiary alicyclic amines) is 1. The Hall–Kier alpha value is -1.93. The van der Waals surface area contributed by atoms with Crippen molar-refractivity contribution in [2.24, 2.45) is 0 Å². The standard InChI is InChI=1S/C20H30N6OS/c27-18(21-10-16-24-11-4-1-2-5-12-24)17-9-8-15-26(17)20-23-22-19(28-20)25-13-6-3-7-14-25/h8-9,15H,1-7,10-14,16H2,(H,21,27). The lowest BCUT2D eigenvalue weighted by Crippen LogP contribution is -2.36. The van der Waals surface area contributed by atoms with Crippen LogP contribution in [-0.4, -0.2) is 64.8 Å². The summed E-state index contributed by atoms with van der Waals surface area (Å²) in [5.41, 5.74) is 0.622. The van der Waals surface area contributed by atoms with Crippen molar-refractivity contribution in [2.75, 3.05) is 44.2 Å². The van der Waals surface area contributed by atoms with Crippen molar-refractivity contribution >= 4 is 22.4 Å². The number of carbonyl (C=O) groups excluding carboxylic acids is 1. The van der Waals surface area contributed by atoms with Crippen molar-refractivity contribution in [3.63, 3.8) is 0 Å². The molecule has 0 aliphatic carbocycles. The van der Waals surface area contributed by atoms with E-state index in [1.807, 2.05) is 22.9 Å². The first kappa shape index (κ1) is 19.4. The molecule has 152 valence electrons. The molecular formula is C20H30N6OS. The summed E-state index contributed by atoms with van der Waals surface area (Å²) >= 11 is 1.56. The van der Waals surface area contributed by atoms with E-state index in [0.29, 0.717) is 12.2 Å². The summed E-state index contributed by atoms with van der Waals surface area (Å²) in [4.78, 5) is 17.5. The Morgan fingerprint density at radius 1 is 0.964 bits per heavy atom. The number of rotatable bonds is 6. The molecule has 0 radical (unpaired) electrons. The van der Waals surface area contributed by atoms with Gasteiger partial charge in [0.25, 0.3) is 5.91 Å². The lowest BCUT2D eigenvalue weighted by Gasteiger charge is -2.25. The molecule has 2 saturated heterocycles. The summed E-state index contributed by atoms with van der Waals surface area (Å²) in [6.45, 7) is 5.99. The van der Waals surface area contributed by atoms with Gasteiger partial charge >= 0.3 is 0 Å². The average molecular weight is 403 g/mol. The Morgan fingerprint density at radius 3 is 2.43 bits per heavy atom. The number of piperidine rings is 1. The third kappa shape index (κ3) is 4.72. The molecule has 0 spiro atoms. The predicted molar refractivity (Wildman–Crippen MR) is 113 cm³/mol. The molecule has 7 nitrogen and oxygen atoms in total. The largest absolute Gasteiger partial charge is 0.349 e. The molecule has 28 heavy (non-hydrogen) atoms. The summed E-state index contributed by atoms with van der Waals surface area (Å²) in [5.74, 6) is -0.0467. The number of hydrogen-bond donors (Lipinski definition) is 1. The molecule has 0 bridgehead atoms. The van der Waals surface area contributed by atoms with Gasteiger partial charge in [0.05, 0.1) is 0 Å². The second kappa shape index (κ2) is 9.52. The van der Waals surface area contributed by atoms with Crippen LogP contribution in [-0.2, 0) is 0 Å². The minimum atomic E-state index is -0.0467. The van der Waals surface area contributed by atoms with Gasteiger partial charge in [-0.15, -0.1) is 10.2 Å². The lowest BCUT2D eigenvalue weighted by atomic mass is 10.1. The van der Waals surface area contributed by atoms with E-state index < -0.39 is 0 Å². The molecule has 2 aromatic rings. The number of aromatic nitrogens is 3. The van der Waals surface area contributed by atoms with Crippen LogP contribution in [0.3, 0.4) is 0 Å². The highest BCUT2D eigenvalue weighted by molar-refractivity contribution is 7.17. The van der Waals surface area contributed by atoms with Crippen molar-refractivity contribution in [2.45, 2.75) is 44.9 Å². The smallest absolute Gasteiger partial charge is 0.268 e. The zero-order valence-electron chi connectivity index (χ0n) is 16.5. The molecule has 0 unspecified atom stereocenters. The highest BCUT2D eigenvalue weighted by Gasteiger charge is 2.19. The van der Waals surface area contributed by atoms with Gasteiger partial charge in [0.1, 0.15) is 5.69 Å². The van der Waals surface area contributed by atoms with E-state index in [9.17, 15) is 4.79 Å². The van der Waals surface area contributed by atoms with Crippen LogP contribution in [0.2, 0.25) is 0 Å². The molecule has 1 N–H and O–H groups in total.